The van der Waals surface area contributed by atoms with E-state index in [1.807, 2.05) is 7.05 Å². The zero-order valence-corrected chi connectivity index (χ0v) is 22.1. The van der Waals surface area contributed by atoms with Gasteiger partial charge < -0.3 is 19.5 Å². The molecule has 1 fully saturated rings. The predicted octanol–water partition coefficient (Wildman–Crippen LogP) is 5.77. The molecule has 11 heteroatoms. The van der Waals surface area contributed by atoms with E-state index in [0.29, 0.717) is 47.3 Å². The van der Waals surface area contributed by atoms with Gasteiger partial charge in [0.05, 0.1) is 36.4 Å². The molecule has 206 valence electrons. The second-order valence-corrected chi connectivity index (χ2v) is 9.68. The Morgan fingerprint density at radius 3 is 2.53 bits per heavy atom. The van der Waals surface area contributed by atoms with Gasteiger partial charge in [-0.15, -0.1) is 0 Å². The minimum atomic E-state index is -4.80. The van der Waals surface area contributed by atoms with Gasteiger partial charge in [0.15, 0.2) is 11.5 Å². The van der Waals surface area contributed by atoms with Crippen LogP contribution >= 0.6 is 0 Å². The van der Waals surface area contributed by atoms with E-state index in [4.69, 9.17) is 14.2 Å². The Morgan fingerprint density at radius 2 is 1.89 bits per heavy atom. The predicted molar refractivity (Wildman–Crippen MR) is 136 cm³/mol. The van der Waals surface area contributed by atoms with Gasteiger partial charge in [-0.05, 0) is 52.4 Å². The Bertz CT molecular complexity index is 1300. The zero-order chi connectivity index (χ0) is 27.7. The average molecular weight is 537 g/mol. The SMILES string of the molecule is COC[C@]1(COc2cc3c(N[C@H](C)c4cccc(C(F)(F)F)c4F)nc(C)nc3cc2OC)CCCN1C. The van der Waals surface area contributed by atoms with E-state index >= 15 is 0 Å². The monoisotopic (exact) mass is 536 g/mol. The fourth-order valence-corrected chi connectivity index (χ4v) is 4.98. The van der Waals surface area contributed by atoms with Gasteiger partial charge in [0, 0.05) is 24.1 Å². The molecule has 0 unspecified atom stereocenters. The molecule has 4 rings (SSSR count). The summed E-state index contributed by atoms with van der Waals surface area (Å²) in [5.74, 6) is 0.397. The summed E-state index contributed by atoms with van der Waals surface area (Å²) >= 11 is 0. The first-order valence-corrected chi connectivity index (χ1v) is 12.3. The van der Waals surface area contributed by atoms with Crippen molar-refractivity contribution in [2.24, 2.45) is 0 Å². The molecule has 1 aliphatic rings. The van der Waals surface area contributed by atoms with Gasteiger partial charge in [0.2, 0.25) is 0 Å². The number of fused-ring (bicyclic) bond motifs is 1. The number of nitrogens with one attached hydrogen (secondary N) is 1. The van der Waals surface area contributed by atoms with Crippen molar-refractivity contribution in [3.05, 3.63) is 53.1 Å². The molecule has 7 nitrogen and oxygen atoms in total. The molecule has 38 heavy (non-hydrogen) atoms. The summed E-state index contributed by atoms with van der Waals surface area (Å²) in [4.78, 5) is 11.2. The van der Waals surface area contributed by atoms with E-state index in [0.717, 1.165) is 25.5 Å². The molecule has 0 bridgehead atoms. The van der Waals surface area contributed by atoms with Crippen LogP contribution in [0.1, 0.15) is 42.8 Å². The minimum absolute atomic E-state index is 0.125. The topological polar surface area (TPSA) is 68.7 Å². The number of methoxy groups -OCH3 is 2. The Balaban J connectivity index is 1.69. The Morgan fingerprint density at radius 1 is 1.13 bits per heavy atom. The van der Waals surface area contributed by atoms with Crippen LogP contribution in [0.5, 0.6) is 11.5 Å². The van der Waals surface area contributed by atoms with Crippen molar-refractivity contribution in [2.75, 3.05) is 46.3 Å². The molecule has 0 spiro atoms. The molecule has 2 aromatic carbocycles. The van der Waals surface area contributed by atoms with Crippen molar-refractivity contribution in [1.29, 1.82) is 0 Å². The summed E-state index contributed by atoms with van der Waals surface area (Å²) < 4.78 is 71.9. The highest BCUT2D eigenvalue weighted by Gasteiger charge is 2.40. The molecular formula is C27H32F4N4O3. The molecule has 1 aromatic heterocycles. The van der Waals surface area contributed by atoms with Crippen LogP contribution in [0.4, 0.5) is 23.4 Å². The van der Waals surface area contributed by atoms with E-state index < -0.39 is 23.6 Å². The summed E-state index contributed by atoms with van der Waals surface area (Å²) in [6.45, 7) is 5.08. The van der Waals surface area contributed by atoms with E-state index in [1.54, 1.807) is 33.1 Å². The molecule has 0 saturated carbocycles. The maximum absolute atomic E-state index is 14.8. The third-order valence-corrected chi connectivity index (χ3v) is 7.10. The lowest BCUT2D eigenvalue weighted by molar-refractivity contribution is -0.140. The number of hydrogen-bond acceptors (Lipinski definition) is 7. The third-order valence-electron chi connectivity index (χ3n) is 7.10. The Kier molecular flexibility index (Phi) is 7.98. The van der Waals surface area contributed by atoms with Crippen molar-refractivity contribution >= 4 is 16.7 Å². The number of halogens is 4. The lowest BCUT2D eigenvalue weighted by atomic mass is 9.99. The van der Waals surface area contributed by atoms with Crippen LogP contribution in [-0.4, -0.2) is 61.4 Å². The largest absolute Gasteiger partial charge is 0.493 e. The lowest BCUT2D eigenvalue weighted by Gasteiger charge is -2.35. The van der Waals surface area contributed by atoms with Crippen LogP contribution in [0.15, 0.2) is 30.3 Å². The smallest absolute Gasteiger partial charge is 0.419 e. The molecule has 0 aliphatic carbocycles. The number of anilines is 1. The number of benzene rings is 2. The second-order valence-electron chi connectivity index (χ2n) is 9.68. The fraction of sp³-hybridized carbons (Fsp3) is 0.481. The second kappa shape index (κ2) is 10.9. The molecule has 0 amide bonds. The number of likely N-dealkylation sites (N-methyl/N-ethyl adjacent to an activating group) is 1. The van der Waals surface area contributed by atoms with Crippen LogP contribution in [0.2, 0.25) is 0 Å². The number of ether oxygens (including phenoxy) is 3. The summed E-state index contributed by atoms with van der Waals surface area (Å²) in [6.07, 6.45) is -2.85. The molecule has 1 saturated heterocycles. The van der Waals surface area contributed by atoms with E-state index in [9.17, 15) is 17.6 Å². The van der Waals surface area contributed by atoms with Crippen molar-refractivity contribution in [1.82, 2.24) is 14.9 Å². The van der Waals surface area contributed by atoms with Crippen molar-refractivity contribution in [3.63, 3.8) is 0 Å². The summed E-state index contributed by atoms with van der Waals surface area (Å²) in [7, 11) is 5.24. The van der Waals surface area contributed by atoms with Crippen molar-refractivity contribution in [3.8, 4) is 11.5 Å². The first kappa shape index (κ1) is 27.8. The number of aromatic nitrogens is 2. The van der Waals surface area contributed by atoms with Crippen LogP contribution in [0.3, 0.4) is 0 Å². The van der Waals surface area contributed by atoms with Gasteiger partial charge >= 0.3 is 6.18 Å². The molecule has 1 N–H and O–H groups in total. The van der Waals surface area contributed by atoms with E-state index in [2.05, 4.69) is 20.2 Å². The number of likely N-dealkylation sites (tertiary alicyclic amines) is 1. The molecule has 2 heterocycles. The standard InChI is InChI=1S/C27H32F4N4O3/c1-16(18-8-6-9-20(24(18)28)27(29,30)31)32-25-19-12-23(22(37-5)13-21(19)33-17(2)34-25)38-15-26(14-36-4)10-7-11-35(26)3/h6,8-9,12-13,16H,7,10-11,14-15H2,1-5H3,(H,32,33,34)/t16-,26+/m1/s1. The van der Waals surface area contributed by atoms with E-state index in [1.165, 1.54) is 19.2 Å². The first-order chi connectivity index (χ1) is 18.0. The Hall–Kier alpha value is -3.18. The molecule has 1 aliphatic heterocycles. The van der Waals surface area contributed by atoms with Crippen LogP contribution < -0.4 is 14.8 Å². The van der Waals surface area contributed by atoms with Gasteiger partial charge in [-0.2, -0.15) is 13.2 Å². The highest BCUT2D eigenvalue weighted by atomic mass is 19.4. The van der Waals surface area contributed by atoms with Gasteiger partial charge in [-0.1, -0.05) is 12.1 Å². The van der Waals surface area contributed by atoms with Gasteiger partial charge in [-0.3, -0.25) is 4.90 Å². The van der Waals surface area contributed by atoms with E-state index in [-0.39, 0.29) is 11.1 Å². The summed E-state index contributed by atoms with van der Waals surface area (Å²) in [6, 6.07) is 5.88. The minimum Gasteiger partial charge on any atom is -0.493 e. The van der Waals surface area contributed by atoms with Gasteiger partial charge in [-0.25, -0.2) is 14.4 Å². The number of hydrogen-bond donors (Lipinski definition) is 1. The highest BCUT2D eigenvalue weighted by molar-refractivity contribution is 5.92. The van der Waals surface area contributed by atoms with Crippen LogP contribution in [-0.2, 0) is 10.9 Å². The Labute approximate surface area is 219 Å². The molecule has 0 radical (unpaired) electrons. The molecular weight excluding hydrogens is 504 g/mol. The summed E-state index contributed by atoms with van der Waals surface area (Å²) in [5.41, 5.74) is -1.17. The zero-order valence-electron chi connectivity index (χ0n) is 22.1. The average Bonchev–Trinajstić information content (AvgIpc) is 3.21. The van der Waals surface area contributed by atoms with Crippen LogP contribution in [0, 0.1) is 12.7 Å². The normalized spacial score (nSPS) is 19.1. The third kappa shape index (κ3) is 5.49. The summed E-state index contributed by atoms with van der Waals surface area (Å²) in [5, 5.41) is 3.64. The number of nitrogens with zero attached hydrogens (tertiary/aromatic N) is 3. The maximum Gasteiger partial charge on any atom is 0.419 e. The van der Waals surface area contributed by atoms with Crippen LogP contribution in [0.25, 0.3) is 10.9 Å². The first-order valence-electron chi connectivity index (χ1n) is 12.3. The van der Waals surface area contributed by atoms with Crippen molar-refractivity contribution < 1.29 is 31.8 Å². The molecule has 2 atom stereocenters. The number of rotatable bonds is 9. The quantitative estimate of drug-likeness (QED) is 0.349. The number of alkyl halides is 3. The van der Waals surface area contributed by atoms with Gasteiger partial charge in [0.1, 0.15) is 24.1 Å². The molecule has 3 aromatic rings. The highest BCUT2D eigenvalue weighted by Crippen LogP contribution is 2.38. The number of aryl methyl sites for hydroxylation is 1. The fourth-order valence-electron chi connectivity index (χ4n) is 4.98. The lowest BCUT2D eigenvalue weighted by Crippen LogP contribution is -2.50. The van der Waals surface area contributed by atoms with Crippen molar-refractivity contribution in [2.45, 2.75) is 44.4 Å². The van der Waals surface area contributed by atoms with Gasteiger partial charge in [0.25, 0.3) is 0 Å². The maximum atomic E-state index is 14.8.